The van der Waals surface area contributed by atoms with E-state index >= 15 is 0 Å². The molecule has 0 aromatic heterocycles. The first-order valence-corrected chi connectivity index (χ1v) is 5.76. The van der Waals surface area contributed by atoms with Crippen LogP contribution < -0.4 is 5.32 Å². The van der Waals surface area contributed by atoms with Crippen LogP contribution in [0.2, 0.25) is 0 Å². The summed E-state index contributed by atoms with van der Waals surface area (Å²) in [5.41, 5.74) is 0. The molecule has 0 aromatic carbocycles. The molecule has 0 saturated heterocycles. The van der Waals surface area contributed by atoms with Gasteiger partial charge in [-0.25, -0.2) is 0 Å². The van der Waals surface area contributed by atoms with Crippen LogP contribution in [-0.2, 0) is 4.74 Å². The van der Waals surface area contributed by atoms with Gasteiger partial charge in [0.1, 0.15) is 0 Å². The van der Waals surface area contributed by atoms with E-state index in [9.17, 15) is 0 Å². The maximum Gasteiger partial charge on any atom is 0.0615 e. The first kappa shape index (κ1) is 11.7. The van der Waals surface area contributed by atoms with E-state index in [1.54, 1.807) is 7.11 Å². The summed E-state index contributed by atoms with van der Waals surface area (Å²) in [6.07, 6.45) is 10.7. The third kappa shape index (κ3) is 4.25. The van der Waals surface area contributed by atoms with Gasteiger partial charge in [0, 0.05) is 19.2 Å². The Bertz CT molecular complexity index is 160. The van der Waals surface area contributed by atoms with E-state index < -0.39 is 0 Å². The molecule has 1 aliphatic carbocycles. The van der Waals surface area contributed by atoms with Crippen molar-refractivity contribution in [1.82, 2.24) is 5.32 Å². The van der Waals surface area contributed by atoms with Gasteiger partial charge in [-0.1, -0.05) is 31.9 Å². The zero-order valence-corrected chi connectivity index (χ0v) is 9.46. The number of unbranched alkanes of at least 4 members (excludes halogenated alkanes) is 1. The minimum atomic E-state index is 0.546. The monoisotopic (exact) mass is 197 g/mol. The largest absolute Gasteiger partial charge is 0.383 e. The SMILES string of the molecule is CCCCC(COC)NC1CC=CC1. The molecule has 82 valence electrons. The van der Waals surface area contributed by atoms with Crippen molar-refractivity contribution in [3.63, 3.8) is 0 Å². The highest BCUT2D eigenvalue weighted by Crippen LogP contribution is 2.12. The Morgan fingerprint density at radius 2 is 2.14 bits per heavy atom. The van der Waals surface area contributed by atoms with E-state index in [0.29, 0.717) is 12.1 Å². The molecule has 1 atom stereocenters. The number of hydrogen-bond donors (Lipinski definition) is 1. The predicted octanol–water partition coefficient (Wildman–Crippen LogP) is 2.50. The van der Waals surface area contributed by atoms with Gasteiger partial charge in [-0.05, 0) is 19.3 Å². The second-order valence-electron chi connectivity index (χ2n) is 4.10. The van der Waals surface area contributed by atoms with E-state index in [2.05, 4.69) is 24.4 Å². The molecule has 0 saturated carbocycles. The zero-order valence-electron chi connectivity index (χ0n) is 9.46. The number of ether oxygens (including phenoxy) is 1. The fourth-order valence-corrected chi connectivity index (χ4v) is 1.95. The third-order valence-electron chi connectivity index (χ3n) is 2.75. The molecule has 0 amide bonds. The average Bonchev–Trinajstić information content (AvgIpc) is 2.67. The normalized spacial score (nSPS) is 19.0. The average molecular weight is 197 g/mol. The van der Waals surface area contributed by atoms with Crippen molar-refractivity contribution < 1.29 is 4.74 Å². The molecule has 0 spiro atoms. The Labute approximate surface area is 87.7 Å². The molecular weight excluding hydrogens is 174 g/mol. The highest BCUT2D eigenvalue weighted by molar-refractivity contribution is 4.98. The summed E-state index contributed by atoms with van der Waals surface area (Å²) in [4.78, 5) is 0. The number of nitrogens with one attached hydrogen (secondary N) is 1. The lowest BCUT2D eigenvalue weighted by molar-refractivity contribution is 0.155. The van der Waals surface area contributed by atoms with Crippen LogP contribution in [0.3, 0.4) is 0 Å². The summed E-state index contributed by atoms with van der Waals surface area (Å²) < 4.78 is 5.23. The second-order valence-corrected chi connectivity index (χ2v) is 4.10. The standard InChI is InChI=1S/C12H23NO/c1-3-4-7-12(10-14-2)13-11-8-5-6-9-11/h5-6,11-13H,3-4,7-10H2,1-2H3. The molecule has 1 rings (SSSR count). The Morgan fingerprint density at radius 3 is 2.71 bits per heavy atom. The van der Waals surface area contributed by atoms with Crippen LogP contribution in [-0.4, -0.2) is 25.8 Å². The van der Waals surface area contributed by atoms with E-state index in [1.807, 2.05) is 0 Å². The summed E-state index contributed by atoms with van der Waals surface area (Å²) in [5.74, 6) is 0. The molecule has 1 N–H and O–H groups in total. The summed E-state index contributed by atoms with van der Waals surface area (Å²) in [7, 11) is 1.79. The molecule has 0 heterocycles. The fourth-order valence-electron chi connectivity index (χ4n) is 1.95. The summed E-state index contributed by atoms with van der Waals surface area (Å²) in [6, 6.07) is 1.21. The minimum Gasteiger partial charge on any atom is -0.383 e. The lowest BCUT2D eigenvalue weighted by Crippen LogP contribution is -2.39. The number of methoxy groups -OCH3 is 1. The van der Waals surface area contributed by atoms with Crippen molar-refractivity contribution in [2.24, 2.45) is 0 Å². The van der Waals surface area contributed by atoms with Gasteiger partial charge in [0.25, 0.3) is 0 Å². The minimum absolute atomic E-state index is 0.546. The van der Waals surface area contributed by atoms with Crippen molar-refractivity contribution in [3.05, 3.63) is 12.2 Å². The smallest absolute Gasteiger partial charge is 0.0615 e. The van der Waals surface area contributed by atoms with E-state index in [0.717, 1.165) is 6.61 Å². The maximum absolute atomic E-state index is 5.23. The lowest BCUT2D eigenvalue weighted by atomic mass is 10.1. The van der Waals surface area contributed by atoms with E-state index in [4.69, 9.17) is 4.74 Å². The molecule has 2 heteroatoms. The van der Waals surface area contributed by atoms with Crippen molar-refractivity contribution in [2.45, 2.75) is 51.1 Å². The Hall–Kier alpha value is -0.340. The van der Waals surface area contributed by atoms with Crippen LogP contribution in [0.15, 0.2) is 12.2 Å². The first-order chi connectivity index (χ1) is 6.86. The zero-order chi connectivity index (χ0) is 10.2. The van der Waals surface area contributed by atoms with Gasteiger partial charge >= 0.3 is 0 Å². The predicted molar refractivity (Wildman–Crippen MR) is 60.5 cm³/mol. The number of rotatable bonds is 7. The molecule has 1 aliphatic rings. The molecule has 0 fully saturated rings. The third-order valence-corrected chi connectivity index (χ3v) is 2.75. The van der Waals surface area contributed by atoms with Crippen molar-refractivity contribution in [2.75, 3.05) is 13.7 Å². The van der Waals surface area contributed by atoms with Crippen LogP contribution in [0.5, 0.6) is 0 Å². The van der Waals surface area contributed by atoms with Gasteiger partial charge in [-0.3, -0.25) is 0 Å². The van der Waals surface area contributed by atoms with Crippen LogP contribution in [0.1, 0.15) is 39.0 Å². The highest BCUT2D eigenvalue weighted by Gasteiger charge is 2.15. The topological polar surface area (TPSA) is 21.3 Å². The molecule has 14 heavy (non-hydrogen) atoms. The van der Waals surface area contributed by atoms with Gasteiger partial charge in [-0.2, -0.15) is 0 Å². The Morgan fingerprint density at radius 1 is 1.43 bits per heavy atom. The van der Waals surface area contributed by atoms with E-state index in [-0.39, 0.29) is 0 Å². The van der Waals surface area contributed by atoms with Crippen LogP contribution in [0.4, 0.5) is 0 Å². The van der Waals surface area contributed by atoms with Crippen LogP contribution >= 0.6 is 0 Å². The van der Waals surface area contributed by atoms with Gasteiger partial charge in [0.2, 0.25) is 0 Å². The van der Waals surface area contributed by atoms with Crippen molar-refractivity contribution >= 4 is 0 Å². The van der Waals surface area contributed by atoms with Gasteiger partial charge < -0.3 is 10.1 Å². The molecule has 0 radical (unpaired) electrons. The van der Waals surface area contributed by atoms with E-state index in [1.165, 1.54) is 32.1 Å². The summed E-state index contributed by atoms with van der Waals surface area (Å²) in [6.45, 7) is 3.08. The molecule has 0 aliphatic heterocycles. The second kappa shape index (κ2) is 7.02. The molecule has 1 unspecified atom stereocenters. The maximum atomic E-state index is 5.23. The summed E-state index contributed by atoms with van der Waals surface area (Å²) in [5, 5.41) is 3.66. The molecule has 2 nitrogen and oxygen atoms in total. The summed E-state index contributed by atoms with van der Waals surface area (Å²) >= 11 is 0. The van der Waals surface area contributed by atoms with Gasteiger partial charge in [0.05, 0.1) is 6.61 Å². The molecule has 0 aromatic rings. The Kier molecular flexibility index (Phi) is 5.88. The Balaban J connectivity index is 2.19. The van der Waals surface area contributed by atoms with Gasteiger partial charge in [0.15, 0.2) is 0 Å². The van der Waals surface area contributed by atoms with Crippen LogP contribution in [0.25, 0.3) is 0 Å². The van der Waals surface area contributed by atoms with Crippen molar-refractivity contribution in [1.29, 1.82) is 0 Å². The first-order valence-electron chi connectivity index (χ1n) is 5.76. The quantitative estimate of drug-likeness (QED) is 0.633. The van der Waals surface area contributed by atoms with Gasteiger partial charge in [-0.15, -0.1) is 0 Å². The fraction of sp³-hybridized carbons (Fsp3) is 0.833. The van der Waals surface area contributed by atoms with Crippen molar-refractivity contribution in [3.8, 4) is 0 Å². The van der Waals surface area contributed by atoms with Crippen LogP contribution in [0, 0.1) is 0 Å². The highest BCUT2D eigenvalue weighted by atomic mass is 16.5. The lowest BCUT2D eigenvalue weighted by Gasteiger charge is -2.22. The number of hydrogen-bond acceptors (Lipinski definition) is 2. The molecule has 0 bridgehead atoms. The molecular formula is C12H23NO.